The minimum Gasteiger partial charge on any atom is -0.308 e. The van der Waals surface area contributed by atoms with E-state index in [4.69, 9.17) is 0 Å². The summed E-state index contributed by atoms with van der Waals surface area (Å²) in [5, 5.41) is 6.03. The molecule has 1 aromatic carbocycles. The van der Waals surface area contributed by atoms with E-state index in [-0.39, 0.29) is 0 Å². The first-order valence-electron chi connectivity index (χ1n) is 6.82. The van der Waals surface area contributed by atoms with Gasteiger partial charge in [-0.15, -0.1) is 11.3 Å². The van der Waals surface area contributed by atoms with E-state index in [1.54, 1.807) is 0 Å². The lowest BCUT2D eigenvalue weighted by Crippen LogP contribution is -2.12. The second-order valence-electron chi connectivity index (χ2n) is 5.07. The van der Waals surface area contributed by atoms with Crippen LogP contribution in [-0.2, 0) is 13.1 Å². The van der Waals surface area contributed by atoms with Crippen molar-refractivity contribution in [1.82, 2.24) is 10.3 Å². The van der Waals surface area contributed by atoms with Crippen LogP contribution >= 0.6 is 11.3 Å². The van der Waals surface area contributed by atoms with Crippen molar-refractivity contribution in [2.75, 3.05) is 0 Å². The number of nitrogens with one attached hydrogen (secondary N) is 1. The summed E-state index contributed by atoms with van der Waals surface area (Å²) in [5.41, 5.74) is 2.72. The normalized spacial score (nSPS) is 11.1. The van der Waals surface area contributed by atoms with Crippen molar-refractivity contribution < 1.29 is 0 Å². The molecule has 20 heavy (non-hydrogen) atoms. The number of hydrogen-bond acceptors (Lipinski definition) is 3. The molecule has 0 aliphatic heterocycles. The maximum absolute atomic E-state index is 4.18. The summed E-state index contributed by atoms with van der Waals surface area (Å²) in [6.07, 6.45) is 3.78. The molecule has 0 spiro atoms. The summed E-state index contributed by atoms with van der Waals surface area (Å²) in [5.74, 6) is 0. The van der Waals surface area contributed by atoms with Crippen molar-refractivity contribution in [3.63, 3.8) is 0 Å². The highest BCUT2D eigenvalue weighted by molar-refractivity contribution is 7.12. The third-order valence-electron chi connectivity index (χ3n) is 3.60. The van der Waals surface area contributed by atoms with E-state index in [1.807, 2.05) is 23.7 Å². The maximum Gasteiger partial charge on any atom is 0.0346 e. The molecule has 1 N–H and O–H groups in total. The zero-order valence-corrected chi connectivity index (χ0v) is 12.6. The van der Waals surface area contributed by atoms with E-state index in [0.717, 1.165) is 13.1 Å². The Morgan fingerprint density at radius 3 is 2.85 bits per heavy atom. The van der Waals surface area contributed by atoms with Gasteiger partial charge in [-0.25, -0.2) is 0 Å². The smallest absolute Gasteiger partial charge is 0.0346 e. The number of aryl methyl sites for hydroxylation is 2. The molecule has 0 aliphatic rings. The van der Waals surface area contributed by atoms with Crippen LogP contribution in [0.3, 0.4) is 0 Å². The van der Waals surface area contributed by atoms with E-state index >= 15 is 0 Å². The van der Waals surface area contributed by atoms with Gasteiger partial charge in [0, 0.05) is 40.6 Å². The number of benzene rings is 1. The number of aromatic nitrogens is 1. The monoisotopic (exact) mass is 282 g/mol. The molecule has 102 valence electrons. The van der Waals surface area contributed by atoms with Crippen molar-refractivity contribution in [1.29, 1.82) is 0 Å². The van der Waals surface area contributed by atoms with Gasteiger partial charge in [-0.05, 0) is 42.5 Å². The summed E-state index contributed by atoms with van der Waals surface area (Å²) >= 11 is 1.88. The molecule has 2 heterocycles. The second kappa shape index (κ2) is 5.73. The third-order valence-corrected chi connectivity index (χ3v) is 4.76. The molecule has 0 saturated heterocycles. The van der Waals surface area contributed by atoms with Crippen molar-refractivity contribution in [3.8, 4) is 0 Å². The van der Waals surface area contributed by atoms with Gasteiger partial charge in [-0.1, -0.05) is 18.2 Å². The molecule has 0 saturated carbocycles. The fourth-order valence-corrected chi connectivity index (χ4v) is 3.42. The molecule has 3 heteroatoms. The Labute approximate surface area is 123 Å². The molecule has 0 fully saturated rings. The molecule has 2 nitrogen and oxygen atoms in total. The van der Waals surface area contributed by atoms with E-state index in [9.17, 15) is 0 Å². The molecule has 3 aromatic rings. The maximum atomic E-state index is 4.18. The number of rotatable bonds is 4. The van der Waals surface area contributed by atoms with Gasteiger partial charge in [0.2, 0.25) is 0 Å². The predicted octanol–water partition coefficient (Wildman–Crippen LogP) is 4.20. The summed E-state index contributed by atoms with van der Waals surface area (Å²) in [7, 11) is 0. The first kappa shape index (κ1) is 13.3. The van der Waals surface area contributed by atoms with Crippen molar-refractivity contribution in [2.45, 2.75) is 26.9 Å². The van der Waals surface area contributed by atoms with Crippen LogP contribution in [0.1, 0.15) is 20.9 Å². The molecule has 0 bridgehead atoms. The van der Waals surface area contributed by atoms with Crippen LogP contribution in [0.15, 0.2) is 42.7 Å². The molecule has 0 radical (unpaired) electrons. The minimum atomic E-state index is 0.886. The number of hydrogen-bond donors (Lipinski definition) is 1. The van der Waals surface area contributed by atoms with Gasteiger partial charge in [0.15, 0.2) is 0 Å². The van der Waals surface area contributed by atoms with Gasteiger partial charge < -0.3 is 5.32 Å². The molecule has 2 aromatic heterocycles. The Morgan fingerprint density at radius 2 is 2.05 bits per heavy atom. The van der Waals surface area contributed by atoms with Crippen LogP contribution in [-0.4, -0.2) is 4.98 Å². The van der Waals surface area contributed by atoms with Gasteiger partial charge in [0.05, 0.1) is 0 Å². The van der Waals surface area contributed by atoms with Crippen LogP contribution in [0.25, 0.3) is 10.8 Å². The molecule has 0 aliphatic carbocycles. The Bertz CT molecular complexity index is 706. The summed E-state index contributed by atoms with van der Waals surface area (Å²) in [4.78, 5) is 6.99. The van der Waals surface area contributed by atoms with Crippen molar-refractivity contribution in [3.05, 3.63) is 63.6 Å². The van der Waals surface area contributed by atoms with E-state index in [0.29, 0.717) is 0 Å². The van der Waals surface area contributed by atoms with E-state index in [2.05, 4.69) is 54.5 Å². The highest BCUT2D eigenvalue weighted by atomic mass is 32.1. The number of thiophene rings is 1. The van der Waals surface area contributed by atoms with Crippen molar-refractivity contribution >= 4 is 22.1 Å². The Hall–Kier alpha value is -1.71. The van der Waals surface area contributed by atoms with Gasteiger partial charge in [0.1, 0.15) is 0 Å². The average molecular weight is 282 g/mol. The number of pyridine rings is 1. The molecule has 0 unspecified atom stereocenters. The van der Waals surface area contributed by atoms with Gasteiger partial charge in [-0.3, -0.25) is 4.98 Å². The van der Waals surface area contributed by atoms with Crippen molar-refractivity contribution in [2.24, 2.45) is 0 Å². The zero-order valence-electron chi connectivity index (χ0n) is 11.8. The van der Waals surface area contributed by atoms with Gasteiger partial charge >= 0.3 is 0 Å². The average Bonchev–Trinajstić information content (AvgIpc) is 2.78. The lowest BCUT2D eigenvalue weighted by Gasteiger charge is -2.07. The molecule has 0 amide bonds. The molecular weight excluding hydrogens is 264 g/mol. The Kier molecular flexibility index (Phi) is 3.81. The van der Waals surface area contributed by atoms with Crippen LogP contribution in [0, 0.1) is 13.8 Å². The lowest BCUT2D eigenvalue weighted by atomic mass is 10.1. The van der Waals surface area contributed by atoms with Crippen LogP contribution < -0.4 is 5.32 Å². The van der Waals surface area contributed by atoms with E-state index in [1.165, 1.54) is 31.7 Å². The topological polar surface area (TPSA) is 24.9 Å². The van der Waals surface area contributed by atoms with Gasteiger partial charge in [0.25, 0.3) is 0 Å². The Balaban J connectivity index is 1.71. The number of nitrogens with zero attached hydrogens (tertiary/aromatic N) is 1. The first-order chi connectivity index (χ1) is 9.74. The summed E-state index contributed by atoms with van der Waals surface area (Å²) in [6.45, 7) is 6.17. The zero-order chi connectivity index (χ0) is 13.9. The minimum absolute atomic E-state index is 0.886. The highest BCUT2D eigenvalue weighted by Gasteiger charge is 2.03. The quantitative estimate of drug-likeness (QED) is 0.775. The third kappa shape index (κ3) is 2.74. The number of fused-ring (bicyclic) bond motifs is 1. The largest absolute Gasteiger partial charge is 0.308 e. The SMILES string of the molecule is Cc1cc(CNCc2cccc3cnccc23)sc1C. The second-order valence-corrected chi connectivity index (χ2v) is 6.41. The molecule has 0 atom stereocenters. The fraction of sp³-hybridized carbons (Fsp3) is 0.235. The summed E-state index contributed by atoms with van der Waals surface area (Å²) in [6, 6.07) is 10.8. The standard InChI is InChI=1S/C17H18N2S/c1-12-8-16(20-13(12)2)11-19-10-15-5-3-4-14-9-18-7-6-17(14)15/h3-9,19H,10-11H2,1-2H3. The van der Waals surface area contributed by atoms with Gasteiger partial charge in [-0.2, -0.15) is 0 Å². The first-order valence-corrected chi connectivity index (χ1v) is 7.64. The fourth-order valence-electron chi connectivity index (χ4n) is 2.40. The lowest BCUT2D eigenvalue weighted by molar-refractivity contribution is 0.704. The molecule has 3 rings (SSSR count). The highest BCUT2D eigenvalue weighted by Crippen LogP contribution is 2.21. The van der Waals surface area contributed by atoms with Crippen LogP contribution in [0.5, 0.6) is 0 Å². The van der Waals surface area contributed by atoms with E-state index < -0.39 is 0 Å². The van der Waals surface area contributed by atoms with Crippen LogP contribution in [0.4, 0.5) is 0 Å². The Morgan fingerprint density at radius 1 is 1.15 bits per heavy atom. The van der Waals surface area contributed by atoms with Crippen LogP contribution in [0.2, 0.25) is 0 Å². The predicted molar refractivity (Wildman–Crippen MR) is 86.1 cm³/mol. The summed E-state index contributed by atoms with van der Waals surface area (Å²) < 4.78 is 0. The molecular formula is C17H18N2S.